The summed E-state index contributed by atoms with van der Waals surface area (Å²) in [7, 11) is 0. The Balaban J connectivity index is 1.07. The van der Waals surface area contributed by atoms with E-state index < -0.39 is 0 Å². The van der Waals surface area contributed by atoms with Gasteiger partial charge in [-0.25, -0.2) is 0 Å². The van der Waals surface area contributed by atoms with Gasteiger partial charge in [-0.1, -0.05) is 194 Å². The van der Waals surface area contributed by atoms with Gasteiger partial charge in [0.25, 0.3) is 13.4 Å². The van der Waals surface area contributed by atoms with E-state index in [0.29, 0.717) is 0 Å². The molecule has 446 valence electrons. The van der Waals surface area contributed by atoms with Crippen LogP contribution in [-0.4, -0.2) is 22.6 Å². The zero-order valence-electron chi connectivity index (χ0n) is 56.4. The van der Waals surface area contributed by atoms with Crippen molar-refractivity contribution >= 4 is 107 Å². The molecule has 0 bridgehead atoms. The fourth-order valence-electron chi connectivity index (χ4n) is 15.9. The SMILES string of the molecule is Cc1ccc(C)c(-c2cc3c4c(c2)-n2c5ccc(C(C)(C)C)cc5c5cc(C(C)(C)C)cc(c52)B4c2cc4c(cc2O3)N(c2ccc(C(C)(C)C)cc2)c2cc(-c3cc(C)ccc3C)cc3c2B4c2cc(C(C)(C)C)cc4c5cc(C(C)(C)C)ccc5n-3c24)c1. The Morgan fingerprint density at radius 2 is 0.756 bits per heavy atom. The topological polar surface area (TPSA) is 22.3 Å². The van der Waals surface area contributed by atoms with Crippen LogP contribution < -0.4 is 42.4 Å². The smallest absolute Gasteiger partial charge is 0.256 e. The minimum absolute atomic E-state index is 0.0291. The largest absolute Gasteiger partial charge is 0.458 e. The summed E-state index contributed by atoms with van der Waals surface area (Å²) in [5, 5.41) is 5.24. The standard InChI is InChI=1S/C84H83B2N3O/c1-46-20-22-48(3)58(32-46)50-34-71-76-72(35-50)88-68-30-26-53(81(8,9)10)38-60(68)62-40-55(83(14,15)16)42-66(78(62)88)85(76)64-44-65-74(45-70(64)87(71)57-28-24-52(25-29-57)80(5,6)7)90-75-37-51(59-33-47(2)21-23-49(59)4)36-73-77(75)86(65)67-43-56(84(17,18)19)41-63-61-39-54(82(11,12)13)27-31-69(61)89(73)79(63)67/h20-45H,1-19H3. The van der Waals surface area contributed by atoms with E-state index in [2.05, 4.69) is 303 Å². The number of nitrogens with zero attached hydrogens (tertiary/aromatic N) is 3. The van der Waals surface area contributed by atoms with Gasteiger partial charge >= 0.3 is 0 Å². The van der Waals surface area contributed by atoms with Crippen LogP contribution in [0, 0.1) is 27.7 Å². The number of aryl methyl sites for hydroxylation is 4. The highest BCUT2D eigenvalue weighted by molar-refractivity contribution is 7.02. The Kier molecular flexibility index (Phi) is 11.7. The minimum atomic E-state index is -0.140. The molecule has 0 radical (unpaired) electrons. The molecule has 6 heterocycles. The molecular weight excluding hydrogens is 1090 g/mol. The third kappa shape index (κ3) is 8.27. The van der Waals surface area contributed by atoms with E-state index in [0.717, 1.165) is 28.4 Å². The van der Waals surface area contributed by atoms with Crippen molar-refractivity contribution in [1.29, 1.82) is 0 Å². The van der Waals surface area contributed by atoms with Crippen LogP contribution >= 0.6 is 0 Å². The van der Waals surface area contributed by atoms with Crippen LogP contribution in [0.2, 0.25) is 0 Å². The van der Waals surface area contributed by atoms with Gasteiger partial charge in [-0.3, -0.25) is 0 Å². The van der Waals surface area contributed by atoms with Crippen LogP contribution in [0.4, 0.5) is 17.1 Å². The van der Waals surface area contributed by atoms with Gasteiger partial charge in [-0.05, 0) is 222 Å². The number of hydrogen-bond acceptors (Lipinski definition) is 2. The normalized spacial score (nSPS) is 14.2. The second kappa shape index (κ2) is 18.6. The van der Waals surface area contributed by atoms with E-state index in [9.17, 15) is 0 Å². The number of rotatable bonds is 3. The quantitative estimate of drug-likeness (QED) is 0.165. The summed E-state index contributed by atoms with van der Waals surface area (Å²) in [5.41, 5.74) is 34.9. The van der Waals surface area contributed by atoms with E-state index in [-0.39, 0.29) is 40.5 Å². The third-order valence-corrected chi connectivity index (χ3v) is 21.1. The molecule has 4 aliphatic heterocycles. The molecule has 2 aromatic heterocycles. The Morgan fingerprint density at radius 3 is 1.24 bits per heavy atom. The zero-order chi connectivity index (χ0) is 63.1. The Bertz CT molecular complexity index is 5170. The molecular formula is C84H83B2N3O. The molecule has 10 aromatic carbocycles. The van der Waals surface area contributed by atoms with Gasteiger partial charge in [0.15, 0.2) is 0 Å². The lowest BCUT2D eigenvalue weighted by Gasteiger charge is -2.42. The fraction of sp³-hybridized carbons (Fsp3) is 0.286. The van der Waals surface area contributed by atoms with Crippen molar-refractivity contribution in [3.05, 3.63) is 208 Å². The lowest BCUT2D eigenvalue weighted by molar-refractivity contribution is 0.487. The molecule has 90 heavy (non-hydrogen) atoms. The highest BCUT2D eigenvalue weighted by Crippen LogP contribution is 2.49. The Hall–Kier alpha value is -8.47. The lowest BCUT2D eigenvalue weighted by atomic mass is 9.30. The van der Waals surface area contributed by atoms with Crippen molar-refractivity contribution in [1.82, 2.24) is 9.13 Å². The van der Waals surface area contributed by atoms with Gasteiger partial charge < -0.3 is 18.8 Å². The summed E-state index contributed by atoms with van der Waals surface area (Å²) in [6.07, 6.45) is 0. The summed E-state index contributed by atoms with van der Waals surface area (Å²) in [5.74, 6) is 1.82. The second-order valence-electron chi connectivity index (χ2n) is 32.6. The van der Waals surface area contributed by atoms with Gasteiger partial charge in [0.1, 0.15) is 11.5 Å². The summed E-state index contributed by atoms with van der Waals surface area (Å²) in [6, 6.07) is 63.3. The van der Waals surface area contributed by atoms with E-state index in [1.165, 1.54) is 160 Å². The van der Waals surface area contributed by atoms with Gasteiger partial charge in [0.05, 0.1) is 11.0 Å². The summed E-state index contributed by atoms with van der Waals surface area (Å²) in [6.45, 7) is 44.1. The zero-order valence-corrected chi connectivity index (χ0v) is 56.4. The molecule has 0 saturated heterocycles. The maximum absolute atomic E-state index is 7.86. The molecule has 0 spiro atoms. The van der Waals surface area contributed by atoms with Crippen molar-refractivity contribution in [3.8, 4) is 45.1 Å². The molecule has 0 amide bonds. The highest BCUT2D eigenvalue weighted by atomic mass is 16.5. The fourth-order valence-corrected chi connectivity index (χ4v) is 15.9. The van der Waals surface area contributed by atoms with Gasteiger partial charge in [-0.2, -0.15) is 0 Å². The van der Waals surface area contributed by atoms with Gasteiger partial charge in [0, 0.05) is 67.1 Å². The van der Waals surface area contributed by atoms with E-state index >= 15 is 0 Å². The number of ether oxygens (including phenoxy) is 1. The molecule has 4 nitrogen and oxygen atoms in total. The van der Waals surface area contributed by atoms with Crippen molar-refractivity contribution < 1.29 is 4.74 Å². The molecule has 6 heteroatoms. The predicted octanol–water partition coefficient (Wildman–Crippen LogP) is 18.5. The molecule has 16 rings (SSSR count). The predicted molar refractivity (Wildman–Crippen MR) is 389 cm³/mol. The average molecular weight is 1170 g/mol. The second-order valence-corrected chi connectivity index (χ2v) is 32.6. The highest BCUT2D eigenvalue weighted by Gasteiger charge is 2.48. The molecule has 0 N–H and O–H groups in total. The summed E-state index contributed by atoms with van der Waals surface area (Å²) >= 11 is 0. The maximum Gasteiger partial charge on any atom is 0.256 e. The van der Waals surface area contributed by atoms with E-state index in [1.807, 2.05) is 0 Å². The van der Waals surface area contributed by atoms with Crippen molar-refractivity contribution in [2.45, 2.75) is 159 Å². The van der Waals surface area contributed by atoms with E-state index in [1.54, 1.807) is 0 Å². The monoisotopic (exact) mass is 1170 g/mol. The number of benzene rings is 10. The van der Waals surface area contributed by atoms with Crippen LogP contribution in [0.1, 0.15) is 154 Å². The first-order valence-electron chi connectivity index (χ1n) is 32.9. The molecule has 0 saturated carbocycles. The van der Waals surface area contributed by atoms with Crippen molar-refractivity contribution in [2.24, 2.45) is 0 Å². The first-order valence-corrected chi connectivity index (χ1v) is 32.9. The van der Waals surface area contributed by atoms with Crippen LogP contribution in [0.25, 0.3) is 77.2 Å². The molecule has 0 fully saturated rings. The van der Waals surface area contributed by atoms with Crippen LogP contribution in [0.3, 0.4) is 0 Å². The number of anilines is 3. The Labute approximate surface area is 534 Å². The first-order chi connectivity index (χ1) is 42.4. The van der Waals surface area contributed by atoms with Crippen molar-refractivity contribution in [3.63, 3.8) is 0 Å². The molecule has 4 aliphatic rings. The number of hydrogen-bond donors (Lipinski definition) is 0. The third-order valence-electron chi connectivity index (χ3n) is 21.1. The van der Waals surface area contributed by atoms with Crippen LogP contribution in [-0.2, 0) is 27.1 Å². The number of fused-ring (bicyclic) bond motifs is 14. The van der Waals surface area contributed by atoms with Crippen LogP contribution in [0.15, 0.2) is 158 Å². The lowest BCUT2D eigenvalue weighted by Crippen LogP contribution is -2.63. The maximum atomic E-state index is 7.86. The van der Waals surface area contributed by atoms with Gasteiger partial charge in [0.2, 0.25) is 0 Å². The Morgan fingerprint density at radius 1 is 0.322 bits per heavy atom. The minimum Gasteiger partial charge on any atom is -0.458 e. The van der Waals surface area contributed by atoms with Gasteiger partial charge in [-0.15, -0.1) is 0 Å². The van der Waals surface area contributed by atoms with E-state index in [4.69, 9.17) is 4.74 Å². The molecule has 0 aliphatic carbocycles. The molecule has 0 unspecified atom stereocenters. The average Bonchev–Trinajstić information content (AvgIpc) is 1.30. The summed E-state index contributed by atoms with van der Waals surface area (Å²) in [4.78, 5) is 2.62. The van der Waals surface area contributed by atoms with Crippen molar-refractivity contribution in [2.75, 3.05) is 4.90 Å². The molecule has 12 aromatic rings. The first kappa shape index (κ1) is 56.7. The summed E-state index contributed by atoms with van der Waals surface area (Å²) < 4.78 is 13.2. The number of aromatic nitrogens is 2. The molecule has 0 atom stereocenters. The van der Waals surface area contributed by atoms with Crippen LogP contribution in [0.5, 0.6) is 11.5 Å².